The van der Waals surface area contributed by atoms with Gasteiger partial charge in [-0.3, -0.25) is 4.79 Å². The highest BCUT2D eigenvalue weighted by Gasteiger charge is 2.22. The summed E-state index contributed by atoms with van der Waals surface area (Å²) in [6.45, 7) is 5.71. The summed E-state index contributed by atoms with van der Waals surface area (Å²) < 4.78 is 6.01. The number of carbonyl (C=O) groups is 1. The third-order valence-corrected chi connectivity index (χ3v) is 5.51. The molecule has 6 nitrogen and oxygen atoms in total. The Balaban J connectivity index is 1.32. The molecule has 0 saturated carbocycles. The van der Waals surface area contributed by atoms with Crippen LogP contribution >= 0.6 is 0 Å². The predicted octanol–water partition coefficient (Wildman–Crippen LogP) is 2.87. The number of carbonyl (C=O) groups excluding carboxylic acids is 1. The lowest BCUT2D eigenvalue weighted by Gasteiger charge is -2.16. The third-order valence-electron chi connectivity index (χ3n) is 5.51. The fraction of sp³-hybridized carbons (Fsp3) is 0.417. The standard InChI is InChI=1S/C24H30N4O2/c1-2-25-24(27-16-21-14-20-9-3-4-10-22(20)30-21)26-15-18-7-5-8-19(13-18)17-28-12-6-11-23(28)29/h3-5,7-10,13,21H,2,6,11-12,14-17H2,1H3,(H2,25,26,27). The minimum atomic E-state index is 0.118. The summed E-state index contributed by atoms with van der Waals surface area (Å²) in [5.41, 5.74) is 3.56. The molecule has 30 heavy (non-hydrogen) atoms. The maximum atomic E-state index is 11.9. The Hall–Kier alpha value is -3.02. The number of nitrogens with zero attached hydrogens (tertiary/aromatic N) is 2. The summed E-state index contributed by atoms with van der Waals surface area (Å²) in [4.78, 5) is 18.6. The molecule has 1 atom stereocenters. The average Bonchev–Trinajstić information content (AvgIpc) is 3.36. The van der Waals surface area contributed by atoms with Gasteiger partial charge < -0.3 is 20.3 Å². The molecule has 0 aliphatic carbocycles. The van der Waals surface area contributed by atoms with E-state index >= 15 is 0 Å². The van der Waals surface area contributed by atoms with Gasteiger partial charge in [0, 0.05) is 32.5 Å². The third kappa shape index (κ3) is 5.12. The first-order valence-corrected chi connectivity index (χ1v) is 10.8. The minimum absolute atomic E-state index is 0.118. The summed E-state index contributed by atoms with van der Waals surface area (Å²) in [6, 6.07) is 16.6. The topological polar surface area (TPSA) is 66.0 Å². The van der Waals surface area contributed by atoms with Crippen molar-refractivity contribution < 1.29 is 9.53 Å². The summed E-state index contributed by atoms with van der Waals surface area (Å²) >= 11 is 0. The van der Waals surface area contributed by atoms with E-state index in [1.165, 1.54) is 5.56 Å². The van der Waals surface area contributed by atoms with Gasteiger partial charge in [0.05, 0.1) is 13.1 Å². The first-order chi connectivity index (χ1) is 14.7. The molecule has 2 aliphatic rings. The number of nitrogens with one attached hydrogen (secondary N) is 2. The van der Waals surface area contributed by atoms with Crippen molar-refractivity contribution in [3.63, 3.8) is 0 Å². The molecule has 6 heteroatoms. The van der Waals surface area contributed by atoms with Crippen LogP contribution in [0.25, 0.3) is 0 Å². The van der Waals surface area contributed by atoms with Crippen LogP contribution in [0.15, 0.2) is 53.5 Å². The Bertz CT molecular complexity index is 887. The van der Waals surface area contributed by atoms with E-state index in [4.69, 9.17) is 9.73 Å². The zero-order valence-corrected chi connectivity index (χ0v) is 17.6. The van der Waals surface area contributed by atoms with Crippen molar-refractivity contribution in [3.8, 4) is 5.75 Å². The van der Waals surface area contributed by atoms with E-state index in [9.17, 15) is 4.79 Å². The number of likely N-dealkylation sites (tertiary alicyclic amines) is 1. The SMILES string of the molecule is CCNC(=NCc1cccc(CN2CCCC2=O)c1)NCC1Cc2ccccc2O1. The highest BCUT2D eigenvalue weighted by Crippen LogP contribution is 2.27. The van der Waals surface area contributed by atoms with E-state index in [-0.39, 0.29) is 12.0 Å². The van der Waals surface area contributed by atoms with Gasteiger partial charge in [0.15, 0.2) is 5.96 Å². The van der Waals surface area contributed by atoms with Crippen LogP contribution in [0.1, 0.15) is 36.5 Å². The number of amides is 1. The van der Waals surface area contributed by atoms with Gasteiger partial charge in [-0.2, -0.15) is 0 Å². The molecule has 0 radical (unpaired) electrons. The molecule has 0 bridgehead atoms. The second-order valence-corrected chi connectivity index (χ2v) is 7.87. The van der Waals surface area contributed by atoms with Gasteiger partial charge in [0.25, 0.3) is 0 Å². The van der Waals surface area contributed by atoms with Crippen molar-refractivity contribution in [2.75, 3.05) is 19.6 Å². The molecule has 158 valence electrons. The van der Waals surface area contributed by atoms with E-state index in [1.54, 1.807) is 0 Å². The lowest BCUT2D eigenvalue weighted by atomic mass is 10.1. The van der Waals surface area contributed by atoms with Gasteiger partial charge in [0.2, 0.25) is 5.91 Å². The van der Waals surface area contributed by atoms with E-state index in [2.05, 4.69) is 47.9 Å². The first-order valence-electron chi connectivity index (χ1n) is 10.8. The van der Waals surface area contributed by atoms with Crippen molar-refractivity contribution in [2.45, 2.75) is 45.4 Å². The Labute approximate surface area is 178 Å². The van der Waals surface area contributed by atoms with Gasteiger partial charge >= 0.3 is 0 Å². The molecule has 1 fully saturated rings. The second-order valence-electron chi connectivity index (χ2n) is 7.87. The van der Waals surface area contributed by atoms with Gasteiger partial charge in [-0.15, -0.1) is 0 Å². The molecular formula is C24H30N4O2. The summed E-state index contributed by atoms with van der Waals surface area (Å²) in [5.74, 6) is 2.03. The molecule has 2 aromatic rings. The number of hydrogen-bond donors (Lipinski definition) is 2. The molecule has 2 aliphatic heterocycles. The number of rotatable bonds is 7. The van der Waals surface area contributed by atoms with Crippen LogP contribution in [0, 0.1) is 0 Å². The normalized spacial score (nSPS) is 18.3. The number of aliphatic imine (C=N–C) groups is 1. The second kappa shape index (κ2) is 9.65. The minimum Gasteiger partial charge on any atom is -0.488 e. The van der Waals surface area contributed by atoms with E-state index in [0.717, 1.165) is 48.8 Å². The molecule has 4 rings (SSSR count). The maximum absolute atomic E-state index is 11.9. The van der Waals surface area contributed by atoms with Crippen molar-refractivity contribution in [1.29, 1.82) is 0 Å². The largest absolute Gasteiger partial charge is 0.488 e. The zero-order valence-electron chi connectivity index (χ0n) is 17.6. The predicted molar refractivity (Wildman–Crippen MR) is 118 cm³/mol. The van der Waals surface area contributed by atoms with Crippen LogP contribution < -0.4 is 15.4 Å². The lowest BCUT2D eigenvalue weighted by Crippen LogP contribution is -2.42. The Morgan fingerprint density at radius 3 is 2.83 bits per heavy atom. The van der Waals surface area contributed by atoms with Crippen LogP contribution in [0.3, 0.4) is 0 Å². The van der Waals surface area contributed by atoms with E-state index in [0.29, 0.717) is 26.1 Å². The molecule has 1 amide bonds. The van der Waals surface area contributed by atoms with Crippen LogP contribution in [0.5, 0.6) is 5.75 Å². The number of benzene rings is 2. The van der Waals surface area contributed by atoms with Crippen molar-refractivity contribution in [3.05, 3.63) is 65.2 Å². The summed E-state index contributed by atoms with van der Waals surface area (Å²) in [6.07, 6.45) is 2.68. The fourth-order valence-corrected chi connectivity index (χ4v) is 4.01. The number of ether oxygens (including phenoxy) is 1. The quantitative estimate of drug-likeness (QED) is 0.548. The van der Waals surface area contributed by atoms with Crippen molar-refractivity contribution in [2.24, 2.45) is 4.99 Å². The molecule has 2 aromatic carbocycles. The average molecular weight is 407 g/mol. The zero-order chi connectivity index (χ0) is 20.8. The Morgan fingerprint density at radius 1 is 1.17 bits per heavy atom. The molecule has 2 heterocycles. The monoisotopic (exact) mass is 406 g/mol. The van der Waals surface area contributed by atoms with Crippen LogP contribution in [-0.4, -0.2) is 42.5 Å². The molecule has 1 unspecified atom stereocenters. The highest BCUT2D eigenvalue weighted by molar-refractivity contribution is 5.79. The molecule has 0 aromatic heterocycles. The molecule has 0 spiro atoms. The molecule has 1 saturated heterocycles. The lowest BCUT2D eigenvalue weighted by molar-refractivity contribution is -0.128. The summed E-state index contributed by atoms with van der Waals surface area (Å²) in [5, 5.41) is 6.72. The number of hydrogen-bond acceptors (Lipinski definition) is 3. The number of para-hydroxylation sites is 1. The van der Waals surface area contributed by atoms with Crippen LogP contribution in [0.2, 0.25) is 0 Å². The maximum Gasteiger partial charge on any atom is 0.222 e. The fourth-order valence-electron chi connectivity index (χ4n) is 4.01. The van der Waals surface area contributed by atoms with Gasteiger partial charge in [-0.25, -0.2) is 4.99 Å². The van der Waals surface area contributed by atoms with E-state index < -0.39 is 0 Å². The summed E-state index contributed by atoms with van der Waals surface area (Å²) in [7, 11) is 0. The number of fused-ring (bicyclic) bond motifs is 1. The molecule has 2 N–H and O–H groups in total. The van der Waals surface area contributed by atoms with E-state index in [1.807, 2.05) is 23.1 Å². The smallest absolute Gasteiger partial charge is 0.222 e. The number of guanidine groups is 1. The van der Waals surface area contributed by atoms with Crippen LogP contribution in [0.4, 0.5) is 0 Å². The van der Waals surface area contributed by atoms with Crippen molar-refractivity contribution >= 4 is 11.9 Å². The van der Waals surface area contributed by atoms with Gasteiger partial charge in [0.1, 0.15) is 11.9 Å². The highest BCUT2D eigenvalue weighted by atomic mass is 16.5. The first kappa shape index (κ1) is 20.3. The Kier molecular flexibility index (Phi) is 6.52. The van der Waals surface area contributed by atoms with Gasteiger partial charge in [-0.05, 0) is 36.1 Å². The molecular weight excluding hydrogens is 376 g/mol. The van der Waals surface area contributed by atoms with Crippen LogP contribution in [-0.2, 0) is 24.3 Å². The van der Waals surface area contributed by atoms with Crippen molar-refractivity contribution in [1.82, 2.24) is 15.5 Å². The van der Waals surface area contributed by atoms with Gasteiger partial charge in [-0.1, -0.05) is 42.5 Å². The Morgan fingerprint density at radius 2 is 2.03 bits per heavy atom.